The van der Waals surface area contributed by atoms with Crippen molar-refractivity contribution in [2.24, 2.45) is 5.92 Å². The molecule has 1 heterocycles. The van der Waals surface area contributed by atoms with E-state index in [1.54, 1.807) is 0 Å². The summed E-state index contributed by atoms with van der Waals surface area (Å²) in [6.07, 6.45) is 10.4. The molecule has 2 fully saturated rings. The third kappa shape index (κ3) is 3.92. The molecule has 1 aromatic heterocycles. The van der Waals surface area contributed by atoms with Gasteiger partial charge in [-0.1, -0.05) is 13.8 Å². The van der Waals surface area contributed by atoms with E-state index in [9.17, 15) is 0 Å². The van der Waals surface area contributed by atoms with Gasteiger partial charge in [-0.25, -0.2) is 9.97 Å². The Morgan fingerprint density at radius 1 is 1.20 bits per heavy atom. The molecule has 0 saturated heterocycles. The molecule has 0 atom stereocenters. The Kier molecular flexibility index (Phi) is 4.20. The van der Waals surface area contributed by atoms with Gasteiger partial charge < -0.3 is 10.2 Å². The number of anilines is 1. The smallest absolute Gasteiger partial charge is 0.225 e. The van der Waals surface area contributed by atoms with Gasteiger partial charge in [0.05, 0.1) is 0 Å². The molecule has 110 valence electrons. The van der Waals surface area contributed by atoms with Crippen LogP contribution in [-0.4, -0.2) is 28.6 Å². The van der Waals surface area contributed by atoms with Crippen molar-refractivity contribution in [3.05, 3.63) is 18.0 Å². The summed E-state index contributed by atoms with van der Waals surface area (Å²) in [7, 11) is 0. The second kappa shape index (κ2) is 6.08. The van der Waals surface area contributed by atoms with E-state index in [-0.39, 0.29) is 0 Å². The highest BCUT2D eigenvalue weighted by Crippen LogP contribution is 2.30. The molecule has 0 bridgehead atoms. The lowest BCUT2D eigenvalue weighted by Crippen LogP contribution is -2.29. The van der Waals surface area contributed by atoms with Crippen molar-refractivity contribution < 1.29 is 0 Å². The number of aromatic nitrogens is 2. The van der Waals surface area contributed by atoms with Crippen LogP contribution in [0.3, 0.4) is 0 Å². The van der Waals surface area contributed by atoms with Gasteiger partial charge in [-0.05, 0) is 38.0 Å². The minimum atomic E-state index is 0.684. The van der Waals surface area contributed by atoms with E-state index >= 15 is 0 Å². The molecule has 0 aromatic carbocycles. The Labute approximate surface area is 122 Å². The Balaban J connectivity index is 1.58. The van der Waals surface area contributed by atoms with Crippen LogP contribution in [0.1, 0.15) is 51.5 Å². The number of rotatable bonds is 8. The normalized spacial score (nSPS) is 18.6. The lowest BCUT2D eigenvalue weighted by molar-refractivity contribution is 0.565. The molecule has 4 heteroatoms. The summed E-state index contributed by atoms with van der Waals surface area (Å²) in [4.78, 5) is 11.6. The highest BCUT2D eigenvalue weighted by Gasteiger charge is 2.30. The Morgan fingerprint density at radius 2 is 1.90 bits per heavy atom. The number of nitrogens with zero attached hydrogens (tertiary/aromatic N) is 3. The lowest BCUT2D eigenvalue weighted by atomic mass is 10.1. The molecule has 3 rings (SSSR count). The molecule has 0 radical (unpaired) electrons. The molecule has 0 aliphatic heterocycles. The Hall–Kier alpha value is -1.16. The van der Waals surface area contributed by atoms with E-state index in [0.717, 1.165) is 31.0 Å². The second-order valence-electron chi connectivity index (χ2n) is 6.65. The first kappa shape index (κ1) is 13.8. The summed E-state index contributed by atoms with van der Waals surface area (Å²) >= 11 is 0. The average molecular weight is 274 g/mol. The quantitative estimate of drug-likeness (QED) is 0.791. The van der Waals surface area contributed by atoms with Gasteiger partial charge in [0.15, 0.2) is 0 Å². The van der Waals surface area contributed by atoms with Crippen LogP contribution in [0.4, 0.5) is 5.95 Å². The zero-order valence-electron chi connectivity index (χ0n) is 12.7. The van der Waals surface area contributed by atoms with Crippen LogP contribution in [0.15, 0.2) is 12.4 Å². The minimum Gasteiger partial charge on any atom is -0.338 e. The molecular weight excluding hydrogens is 248 g/mol. The predicted octanol–water partition coefficient (Wildman–Crippen LogP) is 2.74. The number of hydrogen-bond acceptors (Lipinski definition) is 4. The van der Waals surface area contributed by atoms with Crippen molar-refractivity contribution in [3.8, 4) is 0 Å². The van der Waals surface area contributed by atoms with Crippen molar-refractivity contribution in [3.63, 3.8) is 0 Å². The fourth-order valence-electron chi connectivity index (χ4n) is 2.37. The molecular formula is C16H26N4. The molecule has 2 saturated carbocycles. The third-order valence-corrected chi connectivity index (χ3v) is 4.06. The summed E-state index contributed by atoms with van der Waals surface area (Å²) in [5.41, 5.74) is 1.19. The lowest BCUT2D eigenvalue weighted by Gasteiger charge is -2.23. The van der Waals surface area contributed by atoms with Gasteiger partial charge in [-0.15, -0.1) is 0 Å². The maximum Gasteiger partial charge on any atom is 0.225 e. The summed E-state index contributed by atoms with van der Waals surface area (Å²) in [6, 6.07) is 1.42. The maximum absolute atomic E-state index is 4.59. The molecule has 1 N–H and O–H groups in total. The van der Waals surface area contributed by atoms with Crippen LogP contribution in [0.2, 0.25) is 0 Å². The van der Waals surface area contributed by atoms with E-state index in [4.69, 9.17) is 0 Å². The van der Waals surface area contributed by atoms with Gasteiger partial charge in [-0.2, -0.15) is 0 Å². The molecule has 2 aliphatic rings. The molecule has 0 amide bonds. The van der Waals surface area contributed by atoms with Gasteiger partial charge in [0.2, 0.25) is 5.95 Å². The average Bonchev–Trinajstić information content (AvgIpc) is 3.31. The molecule has 2 aliphatic carbocycles. The van der Waals surface area contributed by atoms with Gasteiger partial charge >= 0.3 is 0 Å². The molecule has 1 aromatic rings. The highest BCUT2D eigenvalue weighted by molar-refractivity contribution is 5.34. The topological polar surface area (TPSA) is 41.1 Å². The van der Waals surface area contributed by atoms with E-state index in [1.807, 2.05) is 12.4 Å². The van der Waals surface area contributed by atoms with E-state index in [1.165, 1.54) is 37.7 Å². The Bertz CT molecular complexity index is 421. The second-order valence-corrected chi connectivity index (χ2v) is 6.65. The van der Waals surface area contributed by atoms with Crippen LogP contribution in [-0.2, 0) is 6.54 Å². The Morgan fingerprint density at radius 3 is 2.45 bits per heavy atom. The first-order valence-electron chi connectivity index (χ1n) is 8.03. The largest absolute Gasteiger partial charge is 0.338 e. The predicted molar refractivity (Wildman–Crippen MR) is 81.7 cm³/mol. The van der Waals surface area contributed by atoms with Crippen LogP contribution in [0, 0.1) is 5.92 Å². The fraction of sp³-hybridized carbons (Fsp3) is 0.750. The van der Waals surface area contributed by atoms with Gasteiger partial charge in [0.25, 0.3) is 0 Å². The third-order valence-electron chi connectivity index (χ3n) is 4.06. The summed E-state index contributed by atoms with van der Waals surface area (Å²) < 4.78 is 0. The van der Waals surface area contributed by atoms with E-state index < -0.39 is 0 Å². The molecule has 0 spiro atoms. The number of nitrogens with one attached hydrogen (secondary N) is 1. The van der Waals surface area contributed by atoms with Crippen LogP contribution >= 0.6 is 0 Å². The van der Waals surface area contributed by atoms with Crippen LogP contribution in [0.5, 0.6) is 0 Å². The van der Waals surface area contributed by atoms with Crippen molar-refractivity contribution in [1.29, 1.82) is 0 Å². The highest BCUT2D eigenvalue weighted by atomic mass is 15.3. The van der Waals surface area contributed by atoms with Crippen molar-refractivity contribution >= 4 is 5.95 Å². The van der Waals surface area contributed by atoms with E-state index in [0.29, 0.717) is 6.04 Å². The summed E-state index contributed by atoms with van der Waals surface area (Å²) in [5.74, 6) is 1.65. The van der Waals surface area contributed by atoms with Gasteiger partial charge in [-0.3, -0.25) is 0 Å². The monoisotopic (exact) mass is 274 g/mol. The fourth-order valence-corrected chi connectivity index (χ4v) is 2.37. The van der Waals surface area contributed by atoms with Crippen molar-refractivity contribution in [2.75, 3.05) is 11.4 Å². The van der Waals surface area contributed by atoms with E-state index in [2.05, 4.69) is 34.0 Å². The first-order chi connectivity index (χ1) is 9.72. The van der Waals surface area contributed by atoms with Crippen LogP contribution < -0.4 is 10.2 Å². The summed E-state index contributed by atoms with van der Waals surface area (Å²) in [5, 5.41) is 3.50. The van der Waals surface area contributed by atoms with Crippen molar-refractivity contribution in [2.45, 2.75) is 64.6 Å². The molecule has 4 nitrogen and oxygen atoms in total. The molecule has 20 heavy (non-hydrogen) atoms. The zero-order valence-corrected chi connectivity index (χ0v) is 12.7. The van der Waals surface area contributed by atoms with Gasteiger partial charge in [0.1, 0.15) is 0 Å². The zero-order chi connectivity index (χ0) is 13.9. The number of hydrogen-bond donors (Lipinski definition) is 1. The van der Waals surface area contributed by atoms with Crippen molar-refractivity contribution in [1.82, 2.24) is 15.3 Å². The summed E-state index contributed by atoms with van der Waals surface area (Å²) in [6.45, 7) is 6.54. The SMILES string of the molecule is CC(C)CCN(c1ncc(CNC2CC2)cn1)C1CC1. The van der Waals surface area contributed by atoms with Crippen LogP contribution in [0.25, 0.3) is 0 Å². The minimum absolute atomic E-state index is 0.684. The first-order valence-corrected chi connectivity index (χ1v) is 8.03. The standard InChI is InChI=1S/C16H26N4/c1-12(2)7-8-20(15-5-6-15)16-18-10-13(11-19-16)9-17-14-3-4-14/h10-12,14-15,17H,3-9H2,1-2H3. The maximum atomic E-state index is 4.59. The molecule has 0 unspecified atom stereocenters. The van der Waals surface area contributed by atoms with Gasteiger partial charge in [0, 0.05) is 43.1 Å².